The molecule has 1 rings (SSSR count). The first-order chi connectivity index (χ1) is 9.10. The van der Waals surface area contributed by atoms with Crippen LogP contribution in [0.2, 0.25) is 0 Å². The Kier molecular flexibility index (Phi) is 7.03. The maximum absolute atomic E-state index is 5.20. The number of ether oxygens (including phenoxy) is 1. The van der Waals surface area contributed by atoms with E-state index in [1.807, 2.05) is 6.20 Å². The normalized spacial score (nSPS) is 14.4. The molecule has 0 aliphatic heterocycles. The van der Waals surface area contributed by atoms with E-state index in [2.05, 4.69) is 44.1 Å². The monoisotopic (exact) mass is 264 g/mol. The largest absolute Gasteiger partial charge is 0.385 e. The van der Waals surface area contributed by atoms with Gasteiger partial charge in [0.15, 0.2) is 0 Å². The first-order valence-electron chi connectivity index (χ1n) is 7.25. The Hall–Kier alpha value is -0.930. The highest BCUT2D eigenvalue weighted by Crippen LogP contribution is 2.26. The predicted octanol–water partition coefficient (Wildman–Crippen LogP) is 3.41. The van der Waals surface area contributed by atoms with Crippen LogP contribution in [-0.4, -0.2) is 25.2 Å². The fraction of sp³-hybridized carbons (Fsp3) is 0.688. The van der Waals surface area contributed by atoms with Crippen molar-refractivity contribution < 1.29 is 4.74 Å². The van der Waals surface area contributed by atoms with E-state index in [0.717, 1.165) is 26.0 Å². The van der Waals surface area contributed by atoms with Crippen LogP contribution in [0, 0.1) is 19.8 Å². The van der Waals surface area contributed by atoms with E-state index in [1.54, 1.807) is 7.11 Å². The zero-order valence-corrected chi connectivity index (χ0v) is 13.0. The molecule has 0 aliphatic rings. The molecular formula is C16H28N2O. The highest BCUT2D eigenvalue weighted by Gasteiger charge is 2.21. The lowest BCUT2D eigenvalue weighted by Crippen LogP contribution is -2.30. The van der Waals surface area contributed by atoms with Crippen LogP contribution in [-0.2, 0) is 4.74 Å². The minimum Gasteiger partial charge on any atom is -0.385 e. The van der Waals surface area contributed by atoms with Gasteiger partial charge in [0.25, 0.3) is 0 Å². The fourth-order valence-electron chi connectivity index (χ4n) is 2.39. The van der Waals surface area contributed by atoms with Crippen molar-refractivity contribution in [3.05, 3.63) is 29.1 Å². The van der Waals surface area contributed by atoms with Gasteiger partial charge in [0.2, 0.25) is 0 Å². The molecule has 0 bridgehead atoms. The van der Waals surface area contributed by atoms with E-state index in [1.165, 1.54) is 16.8 Å². The number of hydrogen-bond acceptors (Lipinski definition) is 3. The van der Waals surface area contributed by atoms with Gasteiger partial charge in [-0.2, -0.15) is 0 Å². The molecule has 3 heteroatoms. The summed E-state index contributed by atoms with van der Waals surface area (Å²) in [7, 11) is 1.76. The molecule has 19 heavy (non-hydrogen) atoms. The molecule has 0 amide bonds. The minimum absolute atomic E-state index is 0.315. The van der Waals surface area contributed by atoms with Crippen molar-refractivity contribution >= 4 is 0 Å². The van der Waals surface area contributed by atoms with E-state index in [0.29, 0.717) is 12.0 Å². The lowest BCUT2D eigenvalue weighted by atomic mass is 9.92. The summed E-state index contributed by atoms with van der Waals surface area (Å²) in [5.74, 6) is 0.514. The van der Waals surface area contributed by atoms with Gasteiger partial charge >= 0.3 is 0 Å². The number of methoxy groups -OCH3 is 1. The summed E-state index contributed by atoms with van der Waals surface area (Å²) in [4.78, 5) is 4.66. The highest BCUT2D eigenvalue weighted by molar-refractivity contribution is 5.26. The van der Waals surface area contributed by atoms with Crippen LogP contribution in [0.1, 0.15) is 49.6 Å². The first-order valence-corrected chi connectivity index (χ1v) is 7.25. The number of pyridine rings is 1. The average Bonchev–Trinajstić information content (AvgIpc) is 2.38. The zero-order chi connectivity index (χ0) is 14.3. The molecule has 3 nitrogen and oxygen atoms in total. The maximum atomic E-state index is 5.20. The molecule has 0 fully saturated rings. The Bertz CT molecular complexity index is 379. The first kappa shape index (κ1) is 16.1. The second-order valence-electron chi connectivity index (χ2n) is 5.41. The molecule has 1 aromatic heterocycles. The molecule has 0 saturated carbocycles. The Morgan fingerprint density at radius 3 is 2.68 bits per heavy atom. The summed E-state index contributed by atoms with van der Waals surface area (Å²) in [5.41, 5.74) is 3.68. The molecule has 108 valence electrons. The van der Waals surface area contributed by atoms with E-state index in [4.69, 9.17) is 4.74 Å². The van der Waals surface area contributed by atoms with Crippen LogP contribution in [0.4, 0.5) is 0 Å². The third-order valence-electron chi connectivity index (χ3n) is 3.51. The van der Waals surface area contributed by atoms with E-state index in [9.17, 15) is 0 Å². The Labute approximate surface area is 117 Å². The third kappa shape index (κ3) is 4.92. The van der Waals surface area contributed by atoms with Crippen LogP contribution in [0.15, 0.2) is 12.3 Å². The van der Waals surface area contributed by atoms with Gasteiger partial charge in [0.05, 0.1) is 11.7 Å². The van der Waals surface area contributed by atoms with Crippen molar-refractivity contribution in [1.82, 2.24) is 10.3 Å². The molecule has 1 N–H and O–H groups in total. The molecule has 0 saturated heterocycles. The van der Waals surface area contributed by atoms with Crippen molar-refractivity contribution in [1.29, 1.82) is 0 Å². The number of aromatic nitrogens is 1. The van der Waals surface area contributed by atoms with Crippen LogP contribution in [0.25, 0.3) is 0 Å². The third-order valence-corrected chi connectivity index (χ3v) is 3.51. The molecular weight excluding hydrogens is 236 g/mol. The summed E-state index contributed by atoms with van der Waals surface area (Å²) >= 11 is 0. The predicted molar refractivity (Wildman–Crippen MR) is 80.4 cm³/mol. The quantitative estimate of drug-likeness (QED) is 0.781. The minimum atomic E-state index is 0.315. The maximum Gasteiger partial charge on any atom is 0.0605 e. The molecule has 2 atom stereocenters. The van der Waals surface area contributed by atoms with Gasteiger partial charge in [0.1, 0.15) is 0 Å². The number of rotatable bonds is 8. The van der Waals surface area contributed by atoms with Gasteiger partial charge in [-0.1, -0.05) is 19.9 Å². The topological polar surface area (TPSA) is 34.2 Å². The summed E-state index contributed by atoms with van der Waals surface area (Å²) in [6, 6.07) is 2.53. The van der Waals surface area contributed by atoms with Crippen LogP contribution in [0.3, 0.4) is 0 Å². The fourth-order valence-corrected chi connectivity index (χ4v) is 2.39. The van der Waals surface area contributed by atoms with Crippen molar-refractivity contribution in [3.8, 4) is 0 Å². The van der Waals surface area contributed by atoms with Crippen molar-refractivity contribution in [2.24, 2.45) is 5.92 Å². The van der Waals surface area contributed by atoms with Gasteiger partial charge in [-0.3, -0.25) is 4.98 Å². The molecule has 1 aromatic rings. The number of nitrogens with one attached hydrogen (secondary N) is 1. The second kappa shape index (κ2) is 8.28. The van der Waals surface area contributed by atoms with Crippen molar-refractivity contribution in [3.63, 3.8) is 0 Å². The standard InChI is InChI=1S/C16H28N2O/c1-6-8-17-15(13(3)7-9-19-5)16-14(4)10-12(2)11-18-16/h10-11,13,15,17H,6-9H2,1-5H3. The van der Waals surface area contributed by atoms with Gasteiger partial charge in [-0.05, 0) is 50.3 Å². The Morgan fingerprint density at radius 2 is 2.11 bits per heavy atom. The lowest BCUT2D eigenvalue weighted by Gasteiger charge is -2.26. The van der Waals surface area contributed by atoms with Gasteiger partial charge in [0, 0.05) is 19.9 Å². The zero-order valence-electron chi connectivity index (χ0n) is 13.0. The Morgan fingerprint density at radius 1 is 1.37 bits per heavy atom. The van der Waals surface area contributed by atoms with Crippen LogP contribution >= 0.6 is 0 Å². The summed E-state index contributed by atoms with van der Waals surface area (Å²) in [5, 5.41) is 3.64. The lowest BCUT2D eigenvalue weighted by molar-refractivity contribution is 0.169. The van der Waals surface area contributed by atoms with Crippen molar-refractivity contribution in [2.75, 3.05) is 20.3 Å². The van der Waals surface area contributed by atoms with E-state index < -0.39 is 0 Å². The highest BCUT2D eigenvalue weighted by atomic mass is 16.5. The van der Waals surface area contributed by atoms with Gasteiger partial charge in [-0.15, -0.1) is 0 Å². The van der Waals surface area contributed by atoms with Gasteiger partial charge < -0.3 is 10.1 Å². The van der Waals surface area contributed by atoms with Gasteiger partial charge in [-0.25, -0.2) is 0 Å². The number of aryl methyl sites for hydroxylation is 2. The number of nitrogens with zero attached hydrogens (tertiary/aromatic N) is 1. The smallest absolute Gasteiger partial charge is 0.0605 e. The molecule has 0 spiro atoms. The average molecular weight is 264 g/mol. The molecule has 0 aliphatic carbocycles. The molecule has 0 aromatic carbocycles. The molecule has 2 unspecified atom stereocenters. The van der Waals surface area contributed by atoms with E-state index >= 15 is 0 Å². The second-order valence-corrected chi connectivity index (χ2v) is 5.41. The molecule has 1 heterocycles. The summed E-state index contributed by atoms with van der Waals surface area (Å²) in [6.07, 6.45) is 4.15. The SMILES string of the molecule is CCCNC(c1ncc(C)cc1C)C(C)CCOC. The van der Waals surface area contributed by atoms with Crippen LogP contribution < -0.4 is 5.32 Å². The number of hydrogen-bond donors (Lipinski definition) is 1. The van der Waals surface area contributed by atoms with Crippen molar-refractivity contribution in [2.45, 2.75) is 46.6 Å². The van der Waals surface area contributed by atoms with Crippen LogP contribution in [0.5, 0.6) is 0 Å². The summed E-state index contributed by atoms with van der Waals surface area (Å²) in [6.45, 7) is 10.5. The van der Waals surface area contributed by atoms with E-state index in [-0.39, 0.29) is 0 Å². The molecule has 0 radical (unpaired) electrons. The Balaban J connectivity index is 2.88. The summed E-state index contributed by atoms with van der Waals surface area (Å²) < 4.78 is 5.20.